The Labute approximate surface area is 140 Å². The molecule has 3 rings (SSSR count). The maximum absolute atomic E-state index is 12.1. The molecule has 0 bridgehead atoms. The minimum atomic E-state index is -0.533. The van der Waals surface area contributed by atoms with Crippen LogP contribution in [-0.4, -0.2) is 24.0 Å². The first-order chi connectivity index (χ1) is 11.2. The number of carbonyl (C=O) groups excluding carboxylic acids is 2. The molecule has 0 N–H and O–H groups in total. The maximum atomic E-state index is 12.1. The van der Waals surface area contributed by atoms with Crippen LogP contribution in [0, 0.1) is 0 Å². The summed E-state index contributed by atoms with van der Waals surface area (Å²) in [6.45, 7) is 0. The molecule has 2 aromatic heterocycles. The second-order valence-electron chi connectivity index (χ2n) is 4.42. The second-order valence-corrected chi connectivity index (χ2v) is 6.23. The molecule has 0 radical (unpaired) electrons. The zero-order valence-corrected chi connectivity index (χ0v) is 13.6. The van der Waals surface area contributed by atoms with Gasteiger partial charge in [0.2, 0.25) is 0 Å². The molecule has 0 saturated carbocycles. The molecular weight excluding hydrogens is 334 g/mol. The topological polar surface area (TPSA) is 65.5 Å². The summed E-state index contributed by atoms with van der Waals surface area (Å²) < 4.78 is 9.87. The van der Waals surface area contributed by atoms with Crippen LogP contribution in [0.25, 0.3) is 9.88 Å². The van der Waals surface area contributed by atoms with E-state index >= 15 is 0 Å². The Morgan fingerprint density at radius 1 is 1.04 bits per heavy atom. The van der Waals surface area contributed by atoms with Crippen molar-refractivity contribution in [3.63, 3.8) is 0 Å². The predicted octanol–water partition coefficient (Wildman–Crippen LogP) is 3.88. The largest absolute Gasteiger partial charge is 0.465 e. The van der Waals surface area contributed by atoms with Gasteiger partial charge in [-0.15, -0.1) is 22.7 Å². The highest BCUT2D eigenvalue weighted by molar-refractivity contribution is 7.20. The van der Waals surface area contributed by atoms with E-state index in [0.29, 0.717) is 11.3 Å². The fourth-order valence-electron chi connectivity index (χ4n) is 1.82. The monoisotopic (exact) mass is 345 g/mol. The average molecular weight is 345 g/mol. The third-order valence-corrected chi connectivity index (χ3v) is 4.81. The van der Waals surface area contributed by atoms with E-state index in [9.17, 15) is 9.59 Å². The molecule has 0 aliphatic rings. The van der Waals surface area contributed by atoms with Crippen molar-refractivity contribution in [3.8, 4) is 15.6 Å². The van der Waals surface area contributed by atoms with Gasteiger partial charge in [0.15, 0.2) is 5.69 Å². The van der Waals surface area contributed by atoms with Crippen molar-refractivity contribution in [3.05, 3.63) is 58.4 Å². The molecule has 5 nitrogen and oxygen atoms in total. The summed E-state index contributed by atoms with van der Waals surface area (Å²) in [4.78, 5) is 28.8. The van der Waals surface area contributed by atoms with E-state index in [0.717, 1.165) is 9.88 Å². The van der Waals surface area contributed by atoms with E-state index in [2.05, 4.69) is 9.72 Å². The van der Waals surface area contributed by atoms with Crippen LogP contribution < -0.4 is 4.74 Å². The fourth-order valence-corrected chi connectivity index (χ4v) is 3.42. The Hall–Kier alpha value is -2.51. The standard InChI is InChI=1S/C16H11NO4S2/c1-20-15(18)10-4-6-11(7-5-10)21-16(19)12-9-23-14(17-12)13-3-2-8-22-13/h2-9H,1H3. The number of thiophene rings is 1. The lowest BCUT2D eigenvalue weighted by atomic mass is 10.2. The summed E-state index contributed by atoms with van der Waals surface area (Å²) in [5.41, 5.74) is 0.649. The molecule has 23 heavy (non-hydrogen) atoms. The zero-order chi connectivity index (χ0) is 16.2. The first-order valence-electron chi connectivity index (χ1n) is 6.57. The lowest BCUT2D eigenvalue weighted by Gasteiger charge is -2.03. The maximum Gasteiger partial charge on any atom is 0.363 e. The molecule has 0 spiro atoms. The number of hydrogen-bond donors (Lipinski definition) is 0. The molecule has 0 amide bonds. The highest BCUT2D eigenvalue weighted by Crippen LogP contribution is 2.28. The average Bonchev–Trinajstić information content (AvgIpc) is 3.25. The number of rotatable bonds is 4. The van der Waals surface area contributed by atoms with Gasteiger partial charge >= 0.3 is 11.9 Å². The van der Waals surface area contributed by atoms with Crippen molar-refractivity contribution in [1.29, 1.82) is 0 Å². The third-order valence-electron chi connectivity index (χ3n) is 2.93. The number of methoxy groups -OCH3 is 1. The van der Waals surface area contributed by atoms with Crippen LogP contribution in [0.15, 0.2) is 47.2 Å². The van der Waals surface area contributed by atoms with Gasteiger partial charge in [0, 0.05) is 5.38 Å². The van der Waals surface area contributed by atoms with Gasteiger partial charge in [0.1, 0.15) is 10.8 Å². The Bertz CT molecular complexity index is 822. The molecule has 0 aliphatic carbocycles. The number of benzene rings is 1. The normalized spacial score (nSPS) is 10.3. The number of nitrogens with zero attached hydrogens (tertiary/aromatic N) is 1. The van der Waals surface area contributed by atoms with Crippen LogP contribution in [0.1, 0.15) is 20.8 Å². The van der Waals surface area contributed by atoms with Gasteiger partial charge in [-0.1, -0.05) is 6.07 Å². The van der Waals surface area contributed by atoms with Gasteiger partial charge in [-0.05, 0) is 35.7 Å². The molecule has 0 saturated heterocycles. The summed E-state index contributed by atoms with van der Waals surface area (Å²) in [6.07, 6.45) is 0. The van der Waals surface area contributed by atoms with Crippen LogP contribution >= 0.6 is 22.7 Å². The first kappa shape index (κ1) is 15.4. The Balaban J connectivity index is 1.71. The summed E-state index contributed by atoms with van der Waals surface area (Å²) in [7, 11) is 1.31. The highest BCUT2D eigenvalue weighted by atomic mass is 32.1. The van der Waals surface area contributed by atoms with Crippen molar-refractivity contribution in [2.24, 2.45) is 0 Å². The van der Waals surface area contributed by atoms with Gasteiger partial charge in [-0.25, -0.2) is 14.6 Å². The summed E-state index contributed by atoms with van der Waals surface area (Å²) in [6, 6.07) is 10.0. The first-order valence-corrected chi connectivity index (χ1v) is 8.33. The predicted molar refractivity (Wildman–Crippen MR) is 88.2 cm³/mol. The van der Waals surface area contributed by atoms with Crippen molar-refractivity contribution >= 4 is 34.6 Å². The molecular formula is C16H11NO4S2. The SMILES string of the molecule is COC(=O)c1ccc(OC(=O)c2csc(-c3cccs3)n2)cc1. The molecule has 0 atom stereocenters. The summed E-state index contributed by atoms with van der Waals surface area (Å²) in [5.74, 6) is -0.633. The van der Waals surface area contributed by atoms with Crippen LogP contribution in [0.4, 0.5) is 0 Å². The zero-order valence-electron chi connectivity index (χ0n) is 12.0. The lowest BCUT2D eigenvalue weighted by Crippen LogP contribution is -2.09. The molecule has 2 heterocycles. The molecule has 0 fully saturated rings. The molecule has 3 aromatic rings. The van der Waals surface area contributed by atoms with Crippen molar-refractivity contribution in [1.82, 2.24) is 4.98 Å². The van der Waals surface area contributed by atoms with Gasteiger partial charge < -0.3 is 9.47 Å². The molecule has 7 heteroatoms. The van der Waals surface area contributed by atoms with Crippen molar-refractivity contribution in [2.75, 3.05) is 7.11 Å². The Kier molecular flexibility index (Phi) is 4.50. The van der Waals surface area contributed by atoms with E-state index in [1.807, 2.05) is 17.5 Å². The van der Waals surface area contributed by atoms with Crippen LogP contribution in [0.2, 0.25) is 0 Å². The molecule has 116 valence electrons. The van der Waals surface area contributed by atoms with Gasteiger partial charge in [-0.2, -0.15) is 0 Å². The van der Waals surface area contributed by atoms with E-state index in [1.165, 1.54) is 42.7 Å². The second kappa shape index (κ2) is 6.72. The number of ether oxygens (including phenoxy) is 2. The number of esters is 2. The lowest BCUT2D eigenvalue weighted by molar-refractivity contribution is 0.0600. The number of thiazole rings is 1. The van der Waals surface area contributed by atoms with Crippen LogP contribution in [0.5, 0.6) is 5.75 Å². The summed E-state index contributed by atoms with van der Waals surface area (Å²) in [5, 5.41) is 4.41. The van der Waals surface area contributed by atoms with Crippen molar-refractivity contribution in [2.45, 2.75) is 0 Å². The molecule has 1 aromatic carbocycles. The number of hydrogen-bond acceptors (Lipinski definition) is 7. The minimum absolute atomic E-state index is 0.260. The quantitative estimate of drug-likeness (QED) is 0.530. The van der Waals surface area contributed by atoms with Gasteiger partial charge in [-0.3, -0.25) is 0 Å². The van der Waals surface area contributed by atoms with Crippen LogP contribution in [-0.2, 0) is 4.74 Å². The Morgan fingerprint density at radius 2 is 1.83 bits per heavy atom. The minimum Gasteiger partial charge on any atom is -0.465 e. The molecule has 0 unspecified atom stereocenters. The van der Waals surface area contributed by atoms with E-state index in [-0.39, 0.29) is 5.69 Å². The smallest absolute Gasteiger partial charge is 0.363 e. The van der Waals surface area contributed by atoms with E-state index < -0.39 is 11.9 Å². The number of aromatic nitrogens is 1. The van der Waals surface area contributed by atoms with Gasteiger partial charge in [0.25, 0.3) is 0 Å². The fraction of sp³-hybridized carbons (Fsp3) is 0.0625. The third kappa shape index (κ3) is 3.46. The molecule has 0 aliphatic heterocycles. The summed E-state index contributed by atoms with van der Waals surface area (Å²) >= 11 is 2.96. The highest BCUT2D eigenvalue weighted by Gasteiger charge is 2.15. The van der Waals surface area contributed by atoms with Crippen LogP contribution in [0.3, 0.4) is 0 Å². The van der Waals surface area contributed by atoms with Crippen molar-refractivity contribution < 1.29 is 19.1 Å². The number of carbonyl (C=O) groups is 2. The Morgan fingerprint density at radius 3 is 2.48 bits per heavy atom. The van der Waals surface area contributed by atoms with Gasteiger partial charge in [0.05, 0.1) is 17.6 Å². The van der Waals surface area contributed by atoms with E-state index in [4.69, 9.17) is 4.74 Å². The van der Waals surface area contributed by atoms with E-state index in [1.54, 1.807) is 16.7 Å².